The lowest BCUT2D eigenvalue weighted by molar-refractivity contribution is 0.0377. The number of rotatable bonds is 8. The Kier molecular flexibility index (Phi) is 10.4. The van der Waals surface area contributed by atoms with E-state index in [1.807, 2.05) is 31.4 Å². The molecule has 0 saturated carbocycles. The predicted molar refractivity (Wildman–Crippen MR) is 129 cm³/mol. The first-order valence-corrected chi connectivity index (χ1v) is 10.1. The molecule has 0 unspecified atom stereocenters. The fraction of sp³-hybridized carbons (Fsp3) is 0.524. The van der Waals surface area contributed by atoms with Crippen molar-refractivity contribution in [1.82, 2.24) is 25.1 Å². The molecule has 0 spiro atoms. The maximum absolute atomic E-state index is 5.40. The highest BCUT2D eigenvalue weighted by atomic mass is 127. The van der Waals surface area contributed by atoms with Gasteiger partial charge in [0.2, 0.25) is 0 Å². The minimum absolute atomic E-state index is 0. The van der Waals surface area contributed by atoms with Gasteiger partial charge in [0.25, 0.3) is 0 Å². The molecule has 1 fully saturated rings. The Morgan fingerprint density at radius 2 is 2.03 bits per heavy atom. The molecule has 1 saturated heterocycles. The topological polar surface area (TPSA) is 68.8 Å². The van der Waals surface area contributed by atoms with E-state index in [9.17, 15) is 0 Å². The zero-order chi connectivity index (χ0) is 19.6. The molecule has 0 atom stereocenters. The van der Waals surface area contributed by atoms with Crippen LogP contribution in [0.2, 0.25) is 0 Å². The number of imidazole rings is 1. The van der Waals surface area contributed by atoms with E-state index in [2.05, 4.69) is 44.1 Å². The summed E-state index contributed by atoms with van der Waals surface area (Å²) in [5, 5.41) is 3.38. The normalized spacial score (nSPS) is 15.0. The van der Waals surface area contributed by atoms with E-state index in [0.29, 0.717) is 6.54 Å². The van der Waals surface area contributed by atoms with Gasteiger partial charge in [-0.05, 0) is 18.9 Å². The number of halogens is 1. The minimum Gasteiger partial charge on any atom is -0.379 e. The Hall–Kier alpha value is -1.65. The van der Waals surface area contributed by atoms with Crippen molar-refractivity contribution in [2.45, 2.75) is 19.9 Å². The molecule has 1 aliphatic heterocycles. The van der Waals surface area contributed by atoms with Gasteiger partial charge in [0.05, 0.1) is 31.6 Å². The van der Waals surface area contributed by atoms with Gasteiger partial charge in [0, 0.05) is 39.8 Å². The van der Waals surface area contributed by atoms with E-state index in [1.165, 1.54) is 0 Å². The first kappa shape index (κ1) is 23.6. The number of nitrogens with zero attached hydrogens (tertiary/aromatic N) is 4. The molecule has 1 aromatic carbocycles. The molecule has 1 aliphatic rings. The number of hydrogen-bond acceptors (Lipinski definition) is 4. The molecule has 0 radical (unpaired) electrons. The van der Waals surface area contributed by atoms with Crippen LogP contribution in [0.15, 0.2) is 41.5 Å². The van der Waals surface area contributed by atoms with Crippen LogP contribution in [0.4, 0.5) is 0 Å². The minimum atomic E-state index is 0. The molecule has 1 aromatic heterocycles. The summed E-state index contributed by atoms with van der Waals surface area (Å²) in [5.74, 6) is 1.85. The van der Waals surface area contributed by atoms with Gasteiger partial charge >= 0.3 is 0 Å². The summed E-state index contributed by atoms with van der Waals surface area (Å²) in [6.45, 7) is 9.29. The summed E-state index contributed by atoms with van der Waals surface area (Å²) in [5.41, 5.74) is 2.18. The van der Waals surface area contributed by atoms with Gasteiger partial charge in [-0.25, -0.2) is 4.98 Å². The number of benzene rings is 1. The van der Waals surface area contributed by atoms with Gasteiger partial charge < -0.3 is 19.9 Å². The van der Waals surface area contributed by atoms with Gasteiger partial charge in [-0.3, -0.25) is 9.89 Å². The molecular formula is C21H33IN6O. The first-order valence-electron chi connectivity index (χ1n) is 10.1. The van der Waals surface area contributed by atoms with Crippen molar-refractivity contribution in [3.05, 3.63) is 42.4 Å². The highest BCUT2D eigenvalue weighted by Crippen LogP contribution is 2.16. The fourth-order valence-corrected chi connectivity index (χ4v) is 3.28. The van der Waals surface area contributed by atoms with Crippen LogP contribution in [-0.2, 0) is 11.3 Å². The molecule has 3 rings (SSSR count). The smallest absolute Gasteiger partial charge is 0.194 e. The number of morpholine rings is 1. The third-order valence-electron chi connectivity index (χ3n) is 4.79. The van der Waals surface area contributed by atoms with E-state index in [1.54, 1.807) is 0 Å². The zero-order valence-corrected chi connectivity index (χ0v) is 19.8. The third kappa shape index (κ3) is 7.60. The lowest BCUT2D eigenvalue weighted by Crippen LogP contribution is -2.39. The second-order valence-electron chi connectivity index (χ2n) is 7.01. The average molecular weight is 512 g/mol. The monoisotopic (exact) mass is 512 g/mol. The SMILES string of the molecule is CCNC(=NCCCN1CCOCC1)N(C)Cc1ncc(-c2ccccc2)[nH]1.I. The number of aromatic amines is 1. The van der Waals surface area contributed by atoms with E-state index >= 15 is 0 Å². The molecule has 7 nitrogen and oxygen atoms in total. The summed E-state index contributed by atoms with van der Waals surface area (Å²) in [7, 11) is 2.05. The standard InChI is InChI=1S/C21H32N6O.HI/c1-3-22-21(23-10-7-11-27-12-14-28-15-13-27)26(2)17-20-24-16-19(25-20)18-8-5-4-6-9-18;/h4-6,8-9,16H,3,7,10-15,17H2,1-2H3,(H,22,23)(H,24,25);1H. The molecule has 0 aliphatic carbocycles. The highest BCUT2D eigenvalue weighted by Gasteiger charge is 2.11. The Morgan fingerprint density at radius 1 is 1.28 bits per heavy atom. The average Bonchev–Trinajstić information content (AvgIpc) is 3.20. The molecule has 2 heterocycles. The first-order chi connectivity index (χ1) is 13.8. The number of H-pyrrole nitrogens is 1. The van der Waals surface area contributed by atoms with Crippen LogP contribution >= 0.6 is 24.0 Å². The Morgan fingerprint density at radius 3 is 2.76 bits per heavy atom. The summed E-state index contributed by atoms with van der Waals surface area (Å²) in [6, 6.07) is 10.3. The molecule has 2 aromatic rings. The quantitative estimate of drug-likeness (QED) is 0.247. The molecule has 160 valence electrons. The maximum Gasteiger partial charge on any atom is 0.194 e. The van der Waals surface area contributed by atoms with Crippen LogP contribution in [0.25, 0.3) is 11.3 Å². The van der Waals surface area contributed by atoms with Gasteiger partial charge in [0.15, 0.2) is 5.96 Å². The van der Waals surface area contributed by atoms with Crippen LogP contribution in [-0.4, -0.2) is 78.7 Å². The predicted octanol–water partition coefficient (Wildman–Crippen LogP) is 2.81. The van der Waals surface area contributed by atoms with Crippen molar-refractivity contribution in [2.75, 3.05) is 53.0 Å². The van der Waals surface area contributed by atoms with Crippen LogP contribution in [0.5, 0.6) is 0 Å². The Balaban J connectivity index is 0.00000300. The van der Waals surface area contributed by atoms with E-state index < -0.39 is 0 Å². The molecule has 8 heteroatoms. The lowest BCUT2D eigenvalue weighted by atomic mass is 10.2. The van der Waals surface area contributed by atoms with Crippen LogP contribution in [0.1, 0.15) is 19.2 Å². The van der Waals surface area contributed by atoms with Crippen molar-refractivity contribution < 1.29 is 4.74 Å². The molecule has 0 amide bonds. The van der Waals surface area contributed by atoms with Crippen molar-refractivity contribution in [1.29, 1.82) is 0 Å². The molecular weight excluding hydrogens is 479 g/mol. The number of ether oxygens (including phenoxy) is 1. The molecule has 0 bridgehead atoms. The van der Waals surface area contributed by atoms with Crippen molar-refractivity contribution in [3.8, 4) is 11.3 Å². The highest BCUT2D eigenvalue weighted by molar-refractivity contribution is 14.0. The number of guanidine groups is 1. The van der Waals surface area contributed by atoms with Crippen molar-refractivity contribution >= 4 is 29.9 Å². The van der Waals surface area contributed by atoms with E-state index in [0.717, 1.165) is 75.4 Å². The van der Waals surface area contributed by atoms with Gasteiger partial charge in [0.1, 0.15) is 5.82 Å². The third-order valence-corrected chi connectivity index (χ3v) is 4.79. The van der Waals surface area contributed by atoms with E-state index in [4.69, 9.17) is 9.73 Å². The molecule has 2 N–H and O–H groups in total. The van der Waals surface area contributed by atoms with Gasteiger partial charge in [-0.2, -0.15) is 0 Å². The largest absolute Gasteiger partial charge is 0.379 e. The summed E-state index contributed by atoms with van der Waals surface area (Å²) < 4.78 is 5.40. The number of aromatic nitrogens is 2. The maximum atomic E-state index is 5.40. The second-order valence-corrected chi connectivity index (χ2v) is 7.01. The van der Waals surface area contributed by atoms with E-state index in [-0.39, 0.29) is 24.0 Å². The fourth-order valence-electron chi connectivity index (χ4n) is 3.28. The van der Waals surface area contributed by atoms with Gasteiger partial charge in [-0.15, -0.1) is 24.0 Å². The lowest BCUT2D eigenvalue weighted by Gasteiger charge is -2.26. The number of aliphatic imine (C=N–C) groups is 1. The second kappa shape index (κ2) is 12.8. The Bertz CT molecular complexity index is 730. The van der Waals surface area contributed by atoms with Crippen LogP contribution in [0, 0.1) is 0 Å². The number of hydrogen-bond donors (Lipinski definition) is 2. The van der Waals surface area contributed by atoms with Crippen molar-refractivity contribution in [3.63, 3.8) is 0 Å². The summed E-state index contributed by atoms with van der Waals surface area (Å²) >= 11 is 0. The summed E-state index contributed by atoms with van der Waals surface area (Å²) in [4.78, 5) is 17.3. The van der Waals surface area contributed by atoms with Crippen LogP contribution < -0.4 is 5.32 Å². The molecule has 29 heavy (non-hydrogen) atoms. The zero-order valence-electron chi connectivity index (χ0n) is 17.4. The van der Waals surface area contributed by atoms with Crippen LogP contribution in [0.3, 0.4) is 0 Å². The van der Waals surface area contributed by atoms with Crippen molar-refractivity contribution in [2.24, 2.45) is 4.99 Å². The summed E-state index contributed by atoms with van der Waals surface area (Å²) in [6.07, 6.45) is 2.95. The van der Waals surface area contributed by atoms with Gasteiger partial charge in [-0.1, -0.05) is 30.3 Å². The Labute approximate surface area is 191 Å². The number of nitrogens with one attached hydrogen (secondary N) is 2.